The molecule has 0 bridgehead atoms. The number of piperidine rings is 1. The normalized spacial score (nSPS) is 17.5. The minimum Gasteiger partial charge on any atom is -0.486 e. The van der Waals surface area contributed by atoms with Gasteiger partial charge in [0.1, 0.15) is 18.4 Å². The molecule has 5 heterocycles. The summed E-state index contributed by atoms with van der Waals surface area (Å²) in [6.45, 7) is 5.59. The lowest BCUT2D eigenvalue weighted by atomic mass is 9.97. The number of ether oxygens (including phenoxy) is 2. The molecule has 38 heavy (non-hydrogen) atoms. The lowest BCUT2D eigenvalue weighted by molar-refractivity contribution is 0.0704. The van der Waals surface area contributed by atoms with Crippen LogP contribution in [0.15, 0.2) is 35.7 Å². The van der Waals surface area contributed by atoms with E-state index in [-0.39, 0.29) is 23.8 Å². The Hall–Kier alpha value is -4.06. The molecular weight excluding hydrogens is 506 g/mol. The molecule has 1 fully saturated rings. The zero-order chi connectivity index (χ0) is 26.2. The number of benzene rings is 1. The number of fused-ring (bicyclic) bond motifs is 2. The van der Waals surface area contributed by atoms with E-state index >= 15 is 0 Å². The highest BCUT2D eigenvalue weighted by Gasteiger charge is 2.29. The predicted octanol–water partition coefficient (Wildman–Crippen LogP) is 2.79. The summed E-state index contributed by atoms with van der Waals surface area (Å²) < 4.78 is 13.3. The fourth-order valence-corrected chi connectivity index (χ4v) is 5.77. The Morgan fingerprint density at radius 2 is 1.92 bits per heavy atom. The van der Waals surface area contributed by atoms with Crippen LogP contribution in [0, 0.1) is 13.8 Å². The number of para-hydroxylation sites is 2. The van der Waals surface area contributed by atoms with Gasteiger partial charge in [0.15, 0.2) is 22.8 Å². The summed E-state index contributed by atoms with van der Waals surface area (Å²) in [6.07, 6.45) is 1.27. The van der Waals surface area contributed by atoms with Gasteiger partial charge >= 0.3 is 0 Å². The van der Waals surface area contributed by atoms with Crippen LogP contribution in [-0.4, -0.2) is 73.9 Å². The van der Waals surface area contributed by atoms with E-state index in [2.05, 4.69) is 25.6 Å². The maximum absolute atomic E-state index is 13.2. The minimum absolute atomic E-state index is 0.140. The number of hydrogen-bond acceptors (Lipinski definition) is 9. The summed E-state index contributed by atoms with van der Waals surface area (Å²) in [7, 11) is 0. The standard InChI is InChI=1S/C26H27N7O4S/c1-15-11-22-29-30-23(16(2)33(22)31-15)26(35)32-9-7-17(8-10-32)25-28-19(14-38-25)24(34)27-12-18-13-36-20-5-3-4-6-21(20)37-18/h3-6,11,14,17-18H,7-10,12-13H2,1-2H3,(H,27,34). The first-order valence-corrected chi connectivity index (χ1v) is 13.5. The molecule has 196 valence electrons. The molecule has 2 aliphatic heterocycles. The average Bonchev–Trinajstić information content (AvgIpc) is 3.59. The van der Waals surface area contributed by atoms with E-state index in [4.69, 9.17) is 9.47 Å². The number of carbonyl (C=O) groups is 2. The van der Waals surface area contributed by atoms with Crippen LogP contribution in [0.5, 0.6) is 11.5 Å². The molecule has 1 aromatic carbocycles. The van der Waals surface area contributed by atoms with Crippen LogP contribution < -0.4 is 14.8 Å². The van der Waals surface area contributed by atoms with Crippen LogP contribution in [0.2, 0.25) is 0 Å². The zero-order valence-electron chi connectivity index (χ0n) is 21.1. The van der Waals surface area contributed by atoms with Gasteiger partial charge in [-0.25, -0.2) is 9.50 Å². The summed E-state index contributed by atoms with van der Waals surface area (Å²) in [6, 6.07) is 9.32. The Balaban J connectivity index is 1.03. The molecule has 2 amide bonds. The van der Waals surface area contributed by atoms with E-state index in [1.54, 1.807) is 14.8 Å². The summed E-state index contributed by atoms with van der Waals surface area (Å²) in [5, 5.41) is 18.4. The van der Waals surface area contributed by atoms with Gasteiger partial charge in [0.25, 0.3) is 11.8 Å². The predicted molar refractivity (Wildman–Crippen MR) is 139 cm³/mol. The second-order valence-corrected chi connectivity index (χ2v) is 10.4. The molecule has 1 N–H and O–H groups in total. The third-order valence-electron chi connectivity index (χ3n) is 6.87. The first kappa shape index (κ1) is 24.3. The zero-order valence-corrected chi connectivity index (χ0v) is 21.9. The third kappa shape index (κ3) is 4.67. The van der Waals surface area contributed by atoms with E-state index in [0.717, 1.165) is 23.5 Å². The Bertz CT molecular complexity index is 1510. The molecule has 0 radical (unpaired) electrons. The van der Waals surface area contributed by atoms with Crippen LogP contribution in [0.1, 0.15) is 56.1 Å². The van der Waals surface area contributed by atoms with Gasteiger partial charge in [-0.3, -0.25) is 9.59 Å². The Morgan fingerprint density at radius 1 is 1.13 bits per heavy atom. The monoisotopic (exact) mass is 533 g/mol. The molecule has 0 spiro atoms. The van der Waals surface area contributed by atoms with Crippen molar-refractivity contribution in [3.63, 3.8) is 0 Å². The number of amides is 2. The highest BCUT2D eigenvalue weighted by molar-refractivity contribution is 7.09. The molecule has 0 aliphatic carbocycles. The van der Waals surface area contributed by atoms with Gasteiger partial charge < -0.3 is 19.7 Å². The van der Waals surface area contributed by atoms with Crippen molar-refractivity contribution in [3.8, 4) is 11.5 Å². The number of rotatable bonds is 5. The van der Waals surface area contributed by atoms with Crippen molar-refractivity contribution in [2.45, 2.75) is 38.7 Å². The van der Waals surface area contributed by atoms with Gasteiger partial charge in [-0.15, -0.1) is 21.5 Å². The molecule has 2 aliphatic rings. The van der Waals surface area contributed by atoms with Crippen molar-refractivity contribution in [3.05, 3.63) is 63.5 Å². The SMILES string of the molecule is Cc1cc2nnc(C(=O)N3CCC(c4nc(C(=O)NCC5COc6ccccc6O5)cs4)CC3)c(C)n2n1. The number of likely N-dealkylation sites (tertiary alicyclic amines) is 1. The Kier molecular flexibility index (Phi) is 6.40. The van der Waals surface area contributed by atoms with E-state index in [0.29, 0.717) is 60.5 Å². The number of nitrogens with zero attached hydrogens (tertiary/aromatic N) is 6. The van der Waals surface area contributed by atoms with Crippen LogP contribution in [-0.2, 0) is 0 Å². The van der Waals surface area contributed by atoms with Gasteiger partial charge in [0.05, 0.1) is 22.9 Å². The average molecular weight is 534 g/mol. The van der Waals surface area contributed by atoms with Gasteiger partial charge in [0, 0.05) is 30.5 Å². The summed E-state index contributed by atoms with van der Waals surface area (Å²) in [5.74, 6) is 1.21. The van der Waals surface area contributed by atoms with Crippen molar-refractivity contribution in [2.75, 3.05) is 26.2 Å². The van der Waals surface area contributed by atoms with E-state index in [1.165, 1.54) is 11.3 Å². The van der Waals surface area contributed by atoms with Gasteiger partial charge in [-0.2, -0.15) is 5.10 Å². The third-order valence-corrected chi connectivity index (χ3v) is 7.88. The maximum Gasteiger partial charge on any atom is 0.276 e. The molecular formula is C26H27N7O4S. The lowest BCUT2D eigenvalue weighted by Crippen LogP contribution is -2.40. The number of nitrogens with one attached hydrogen (secondary N) is 1. The van der Waals surface area contributed by atoms with Crippen LogP contribution in [0.3, 0.4) is 0 Å². The quantitative estimate of drug-likeness (QED) is 0.415. The van der Waals surface area contributed by atoms with Crippen molar-refractivity contribution >= 4 is 28.8 Å². The summed E-state index contributed by atoms with van der Waals surface area (Å²) in [5.41, 5.74) is 2.85. The van der Waals surface area contributed by atoms with Crippen molar-refractivity contribution in [2.24, 2.45) is 0 Å². The topological polar surface area (TPSA) is 124 Å². The Morgan fingerprint density at radius 3 is 2.74 bits per heavy atom. The summed E-state index contributed by atoms with van der Waals surface area (Å²) in [4.78, 5) is 32.3. The number of aromatic nitrogens is 5. The molecule has 11 nitrogen and oxygen atoms in total. The number of carbonyl (C=O) groups excluding carboxylic acids is 2. The fraction of sp³-hybridized carbons (Fsp3) is 0.385. The van der Waals surface area contributed by atoms with Crippen molar-refractivity contribution < 1.29 is 19.1 Å². The highest BCUT2D eigenvalue weighted by Crippen LogP contribution is 2.32. The van der Waals surface area contributed by atoms with Crippen LogP contribution in [0.25, 0.3) is 5.65 Å². The number of hydrogen-bond donors (Lipinski definition) is 1. The smallest absolute Gasteiger partial charge is 0.276 e. The molecule has 1 unspecified atom stereocenters. The number of aryl methyl sites for hydroxylation is 2. The largest absolute Gasteiger partial charge is 0.486 e. The fourth-order valence-electron chi connectivity index (χ4n) is 4.79. The molecule has 12 heteroatoms. The highest BCUT2D eigenvalue weighted by atomic mass is 32.1. The molecule has 1 saturated heterocycles. The summed E-state index contributed by atoms with van der Waals surface area (Å²) >= 11 is 1.48. The van der Waals surface area contributed by atoms with E-state index in [1.807, 2.05) is 44.2 Å². The molecule has 3 aromatic heterocycles. The maximum atomic E-state index is 13.2. The molecule has 4 aromatic rings. The van der Waals surface area contributed by atoms with Crippen molar-refractivity contribution in [1.82, 2.24) is 35.0 Å². The Labute approximate surface area is 222 Å². The van der Waals surface area contributed by atoms with Gasteiger partial charge in [-0.1, -0.05) is 12.1 Å². The van der Waals surface area contributed by atoms with E-state index < -0.39 is 0 Å². The molecule has 0 saturated carbocycles. The van der Waals surface area contributed by atoms with Crippen LogP contribution in [0.4, 0.5) is 0 Å². The van der Waals surface area contributed by atoms with Crippen LogP contribution >= 0.6 is 11.3 Å². The van der Waals surface area contributed by atoms with Gasteiger partial charge in [0.2, 0.25) is 0 Å². The minimum atomic E-state index is -0.264. The van der Waals surface area contributed by atoms with E-state index in [9.17, 15) is 9.59 Å². The second-order valence-electron chi connectivity index (χ2n) is 9.53. The molecule has 1 atom stereocenters. The second kappa shape index (κ2) is 10.0. The first-order chi connectivity index (χ1) is 18.5. The lowest BCUT2D eigenvalue weighted by Gasteiger charge is -2.31. The van der Waals surface area contributed by atoms with Crippen molar-refractivity contribution in [1.29, 1.82) is 0 Å². The first-order valence-electron chi connectivity index (χ1n) is 12.6. The number of thiazole rings is 1. The molecule has 6 rings (SSSR count). The van der Waals surface area contributed by atoms with Gasteiger partial charge in [-0.05, 0) is 38.8 Å².